The summed E-state index contributed by atoms with van der Waals surface area (Å²) in [6.07, 6.45) is -2.40. The average Bonchev–Trinajstić information content (AvgIpc) is 3.66. The number of ether oxygens (including phenoxy) is 1. The lowest BCUT2D eigenvalue weighted by atomic mass is 9.87. The predicted octanol–water partition coefficient (Wildman–Crippen LogP) is 6.55. The second-order valence-corrected chi connectivity index (χ2v) is 12.0. The molecule has 5 rings (SSSR count). The number of rotatable bonds is 8. The minimum Gasteiger partial charge on any atom is -0.481 e. The van der Waals surface area contributed by atoms with E-state index in [-0.39, 0.29) is 30.2 Å². The first-order valence-corrected chi connectivity index (χ1v) is 15.2. The Morgan fingerprint density at radius 1 is 0.957 bits per heavy atom. The van der Waals surface area contributed by atoms with Gasteiger partial charge < -0.3 is 19.6 Å². The molecule has 3 aromatic rings. The van der Waals surface area contributed by atoms with Crippen LogP contribution in [-0.4, -0.2) is 66.5 Å². The molecular formula is C31H34F6N6O4. The van der Waals surface area contributed by atoms with Crippen molar-refractivity contribution in [2.75, 3.05) is 11.4 Å². The Kier molecular flexibility index (Phi) is 9.68. The van der Waals surface area contributed by atoms with Gasteiger partial charge in [0.15, 0.2) is 0 Å². The second-order valence-electron chi connectivity index (χ2n) is 12.0. The highest BCUT2D eigenvalue weighted by Gasteiger charge is 2.41. The van der Waals surface area contributed by atoms with Gasteiger partial charge in [-0.15, -0.1) is 0 Å². The summed E-state index contributed by atoms with van der Waals surface area (Å²) in [4.78, 5) is 36.6. The summed E-state index contributed by atoms with van der Waals surface area (Å²) in [5, 5.41) is 13.4. The van der Waals surface area contributed by atoms with Gasteiger partial charge in [-0.05, 0) is 62.3 Å². The predicted molar refractivity (Wildman–Crippen MR) is 156 cm³/mol. The Morgan fingerprint density at radius 3 is 2.09 bits per heavy atom. The fourth-order valence-electron chi connectivity index (χ4n) is 6.23. The lowest BCUT2D eigenvalue weighted by molar-refractivity contribution is -0.144. The molecular weight excluding hydrogens is 634 g/mol. The maximum atomic E-state index is 13.7. The number of benzene rings is 1. The van der Waals surface area contributed by atoms with E-state index in [0.29, 0.717) is 61.8 Å². The van der Waals surface area contributed by atoms with Crippen LogP contribution in [0.25, 0.3) is 11.1 Å². The van der Waals surface area contributed by atoms with E-state index >= 15 is 0 Å². The van der Waals surface area contributed by atoms with Gasteiger partial charge in [0, 0.05) is 55.9 Å². The Balaban J connectivity index is 1.44. The van der Waals surface area contributed by atoms with Crippen LogP contribution in [0.4, 0.5) is 37.1 Å². The number of likely N-dealkylation sites (tertiary alicyclic amines) is 1. The van der Waals surface area contributed by atoms with Crippen LogP contribution in [0.1, 0.15) is 62.1 Å². The number of hydrogen-bond donors (Lipinski definition) is 1. The molecule has 2 atom stereocenters. The molecule has 0 bridgehead atoms. The van der Waals surface area contributed by atoms with Crippen LogP contribution in [0, 0.1) is 5.92 Å². The highest BCUT2D eigenvalue weighted by molar-refractivity contribution is 5.70. The summed E-state index contributed by atoms with van der Waals surface area (Å²) < 4.78 is 89.5. The van der Waals surface area contributed by atoms with Crippen molar-refractivity contribution in [2.24, 2.45) is 13.0 Å². The summed E-state index contributed by atoms with van der Waals surface area (Å²) in [6, 6.07) is 0.517. The molecule has 2 aromatic heterocycles. The molecule has 1 aromatic carbocycles. The molecule has 0 unspecified atom stereocenters. The molecule has 1 aliphatic heterocycles. The molecule has 0 radical (unpaired) electrons. The molecule has 254 valence electrons. The van der Waals surface area contributed by atoms with Crippen molar-refractivity contribution in [3.05, 3.63) is 59.7 Å². The number of nitrogens with zero attached hydrogens (tertiary/aromatic N) is 6. The molecule has 1 aliphatic carbocycles. The number of carboxylic acids is 1. The lowest BCUT2D eigenvalue weighted by Crippen LogP contribution is -2.42. The number of alkyl halides is 6. The van der Waals surface area contributed by atoms with E-state index in [1.165, 1.54) is 22.2 Å². The van der Waals surface area contributed by atoms with E-state index in [9.17, 15) is 41.0 Å². The van der Waals surface area contributed by atoms with Gasteiger partial charge in [-0.2, -0.15) is 31.4 Å². The van der Waals surface area contributed by atoms with Crippen LogP contribution >= 0.6 is 0 Å². The maximum absolute atomic E-state index is 13.7. The second kappa shape index (κ2) is 13.4. The largest absolute Gasteiger partial charge is 0.481 e. The van der Waals surface area contributed by atoms with E-state index < -0.39 is 60.2 Å². The summed E-state index contributed by atoms with van der Waals surface area (Å²) >= 11 is 0. The van der Waals surface area contributed by atoms with Gasteiger partial charge in [-0.1, -0.05) is 6.92 Å². The van der Waals surface area contributed by atoms with Gasteiger partial charge in [-0.25, -0.2) is 14.8 Å². The van der Waals surface area contributed by atoms with Crippen LogP contribution in [0.3, 0.4) is 0 Å². The minimum absolute atomic E-state index is 0.0562. The number of hydrogen-bond acceptors (Lipinski definition) is 7. The van der Waals surface area contributed by atoms with Crippen LogP contribution < -0.4 is 4.90 Å². The topological polar surface area (TPSA) is 114 Å². The fourth-order valence-corrected chi connectivity index (χ4v) is 6.23. The monoisotopic (exact) mass is 668 g/mol. The molecule has 1 N–H and O–H groups in total. The number of aliphatic carboxylic acids is 1. The fraction of sp³-hybridized carbons (Fsp3) is 0.516. The van der Waals surface area contributed by atoms with Crippen molar-refractivity contribution in [3.63, 3.8) is 0 Å². The Labute approximate surface area is 266 Å². The average molecular weight is 669 g/mol. The van der Waals surface area contributed by atoms with Crippen molar-refractivity contribution in [1.29, 1.82) is 0 Å². The summed E-state index contributed by atoms with van der Waals surface area (Å²) in [6.45, 7) is 1.51. The Hall–Kier alpha value is -4.37. The van der Waals surface area contributed by atoms with Gasteiger partial charge in [0.1, 0.15) is 6.10 Å². The molecule has 1 amide bonds. The third-order valence-corrected chi connectivity index (χ3v) is 8.76. The van der Waals surface area contributed by atoms with Gasteiger partial charge >= 0.3 is 24.4 Å². The van der Waals surface area contributed by atoms with Gasteiger partial charge in [-0.3, -0.25) is 9.48 Å². The first-order valence-electron chi connectivity index (χ1n) is 15.2. The van der Waals surface area contributed by atoms with Gasteiger partial charge in [0.25, 0.3) is 0 Å². The number of carbonyl (C=O) groups excluding carboxylic acids is 1. The SMILES string of the molecule is CC[C@@H]1C[C@H](N(Cc2cc(C(F)(F)F)cc(C(F)(F)F)c2)c2ncc(-c3cnn(C)c3)cn2)CN1C(=O)O[C@H]1CC[C@@H](C(=O)O)CC1. The number of aryl methyl sites for hydroxylation is 1. The summed E-state index contributed by atoms with van der Waals surface area (Å²) in [5.41, 5.74) is -1.82. The molecule has 1 saturated carbocycles. The first-order chi connectivity index (χ1) is 22.1. The van der Waals surface area contributed by atoms with Crippen molar-refractivity contribution in [1.82, 2.24) is 24.6 Å². The molecule has 47 heavy (non-hydrogen) atoms. The zero-order chi connectivity index (χ0) is 34.1. The van der Waals surface area contributed by atoms with Crippen molar-refractivity contribution in [3.8, 4) is 11.1 Å². The lowest BCUT2D eigenvalue weighted by Gasteiger charge is -2.31. The van der Waals surface area contributed by atoms with E-state index in [2.05, 4.69) is 15.1 Å². The molecule has 10 nitrogen and oxygen atoms in total. The normalized spacial score (nSPS) is 21.9. The first kappa shape index (κ1) is 34.0. The maximum Gasteiger partial charge on any atom is 0.416 e. The van der Waals surface area contributed by atoms with Crippen LogP contribution in [-0.2, 0) is 35.5 Å². The molecule has 1 saturated heterocycles. The Bertz CT molecular complexity index is 1540. The molecule has 3 heterocycles. The van der Waals surface area contributed by atoms with Crippen molar-refractivity contribution >= 4 is 18.0 Å². The smallest absolute Gasteiger partial charge is 0.416 e. The number of amides is 1. The molecule has 16 heteroatoms. The highest BCUT2D eigenvalue weighted by atomic mass is 19.4. The van der Waals surface area contributed by atoms with Crippen molar-refractivity contribution in [2.45, 2.75) is 82.5 Å². The standard InChI is InChI=1S/C31H34F6N6O4/c1-3-24-11-25(17-43(24)29(46)47-26-6-4-19(5-7-26)27(44)45)42(28-38-12-20(13-39-28)21-14-40-41(2)16-21)15-18-8-22(30(32,33)34)10-23(9-18)31(35,36)37/h8-10,12-14,16,19,24-26H,3-7,11,15,17H2,1-2H3,(H,44,45)/t19-,24-,25+,26+/m1/s1. The van der Waals surface area contributed by atoms with E-state index in [1.54, 1.807) is 24.1 Å². The highest BCUT2D eigenvalue weighted by Crippen LogP contribution is 2.38. The third-order valence-electron chi connectivity index (χ3n) is 8.76. The minimum atomic E-state index is -5.02. The number of carbonyl (C=O) groups is 2. The zero-order valence-corrected chi connectivity index (χ0v) is 25.6. The number of aromatic nitrogens is 4. The zero-order valence-electron chi connectivity index (χ0n) is 25.6. The number of carboxylic acid groups (broad SMARTS) is 1. The summed E-state index contributed by atoms with van der Waals surface area (Å²) in [7, 11) is 1.73. The molecule has 0 spiro atoms. The molecule has 2 aliphatic rings. The van der Waals surface area contributed by atoms with Gasteiger partial charge in [0.2, 0.25) is 5.95 Å². The van der Waals surface area contributed by atoms with E-state index in [4.69, 9.17) is 4.74 Å². The number of anilines is 1. The van der Waals surface area contributed by atoms with E-state index in [0.717, 1.165) is 0 Å². The van der Waals surface area contributed by atoms with Crippen LogP contribution in [0.2, 0.25) is 0 Å². The van der Waals surface area contributed by atoms with Crippen LogP contribution in [0.5, 0.6) is 0 Å². The summed E-state index contributed by atoms with van der Waals surface area (Å²) in [5.74, 6) is -1.32. The van der Waals surface area contributed by atoms with Crippen molar-refractivity contribution < 1.29 is 45.8 Å². The van der Waals surface area contributed by atoms with Gasteiger partial charge in [0.05, 0.1) is 29.3 Å². The Morgan fingerprint density at radius 2 is 1.57 bits per heavy atom. The third kappa shape index (κ3) is 7.96. The van der Waals surface area contributed by atoms with Crippen LogP contribution in [0.15, 0.2) is 43.0 Å². The molecule has 2 fully saturated rings. The quantitative estimate of drug-likeness (QED) is 0.269. The number of halogens is 6. The van der Waals surface area contributed by atoms with E-state index in [1.807, 2.05) is 6.92 Å².